The molecule has 2 atom stereocenters. The molecular weight excluding hydrogens is 306 g/mol. The maximum atomic E-state index is 12.3. The highest BCUT2D eigenvalue weighted by atomic mass is 16.6. The van der Waals surface area contributed by atoms with E-state index in [2.05, 4.69) is 5.32 Å². The lowest BCUT2D eigenvalue weighted by Crippen LogP contribution is -2.45. The number of hydrogen-bond donors (Lipinski definition) is 2. The Morgan fingerprint density at radius 3 is 2.52 bits per heavy atom. The first-order valence-electron chi connectivity index (χ1n) is 7.21. The molecule has 9 nitrogen and oxygen atoms in total. The molecule has 9 heteroatoms. The molecule has 1 rings (SSSR count). The zero-order chi connectivity index (χ0) is 17.6. The average molecular weight is 325 g/mol. The fraction of sp³-hybridized carbons (Fsp3) is 0.500. The molecule has 1 aromatic rings. The lowest BCUT2D eigenvalue weighted by Gasteiger charge is -2.20. The molecule has 0 aliphatic rings. The Kier molecular flexibility index (Phi) is 6.43. The van der Waals surface area contributed by atoms with E-state index in [0.717, 1.165) is 22.9 Å². The van der Waals surface area contributed by atoms with Gasteiger partial charge in [0.05, 0.1) is 11.1 Å². The number of hydrogen-bond acceptors (Lipinski definition) is 5. The number of nitrogens with zero attached hydrogens (tertiary/aromatic N) is 2. The van der Waals surface area contributed by atoms with Gasteiger partial charge in [-0.25, -0.2) is 4.79 Å². The van der Waals surface area contributed by atoms with Crippen molar-refractivity contribution in [3.63, 3.8) is 0 Å². The van der Waals surface area contributed by atoms with E-state index < -0.39 is 34.4 Å². The first-order chi connectivity index (χ1) is 10.8. The number of carboxylic acids is 1. The Labute approximate surface area is 132 Å². The Bertz CT molecular complexity index is 654. The van der Waals surface area contributed by atoms with Gasteiger partial charge in [0.15, 0.2) is 0 Å². The van der Waals surface area contributed by atoms with Crippen LogP contribution in [0.2, 0.25) is 0 Å². The van der Waals surface area contributed by atoms with Gasteiger partial charge in [-0.05, 0) is 12.8 Å². The van der Waals surface area contributed by atoms with Crippen molar-refractivity contribution >= 4 is 17.6 Å². The number of amides is 1. The van der Waals surface area contributed by atoms with Crippen LogP contribution in [-0.2, 0) is 9.59 Å². The number of pyridine rings is 1. The molecular formula is C14H19N3O6. The quantitative estimate of drug-likeness (QED) is 0.543. The molecule has 1 aromatic heterocycles. The van der Waals surface area contributed by atoms with Crippen molar-refractivity contribution in [3.8, 4) is 0 Å². The number of rotatable bonds is 8. The molecule has 0 fully saturated rings. The van der Waals surface area contributed by atoms with Crippen molar-refractivity contribution in [3.05, 3.63) is 38.8 Å². The van der Waals surface area contributed by atoms with Crippen molar-refractivity contribution in [2.45, 2.75) is 45.2 Å². The summed E-state index contributed by atoms with van der Waals surface area (Å²) < 4.78 is 0.957. The fourth-order valence-electron chi connectivity index (χ4n) is 2.17. The second-order valence-corrected chi connectivity index (χ2v) is 5.00. The van der Waals surface area contributed by atoms with Crippen LogP contribution in [0.5, 0.6) is 0 Å². The van der Waals surface area contributed by atoms with Crippen LogP contribution >= 0.6 is 0 Å². The number of carbonyl (C=O) groups excluding carboxylic acids is 1. The first kappa shape index (κ1) is 18.3. The molecule has 0 saturated heterocycles. The van der Waals surface area contributed by atoms with Gasteiger partial charge in [-0.2, -0.15) is 0 Å². The predicted molar refractivity (Wildman–Crippen MR) is 81.2 cm³/mol. The van der Waals surface area contributed by atoms with Crippen LogP contribution in [0, 0.1) is 10.1 Å². The van der Waals surface area contributed by atoms with Crippen LogP contribution in [0.3, 0.4) is 0 Å². The average Bonchev–Trinajstić information content (AvgIpc) is 2.49. The maximum Gasteiger partial charge on any atom is 0.326 e. The fourth-order valence-corrected chi connectivity index (χ4v) is 2.17. The molecule has 126 valence electrons. The van der Waals surface area contributed by atoms with Crippen LogP contribution in [0.1, 0.15) is 39.2 Å². The van der Waals surface area contributed by atoms with Crippen LogP contribution < -0.4 is 10.9 Å². The molecule has 0 radical (unpaired) electrons. The topological polar surface area (TPSA) is 132 Å². The lowest BCUT2D eigenvalue weighted by molar-refractivity contribution is -0.385. The third-order valence-corrected chi connectivity index (χ3v) is 3.35. The number of aromatic nitrogens is 1. The standard InChI is InChI=1S/C14H19N3O6/c1-3-5-10(14(20)21)15-13(19)11(4-2)16-8-9(17(22)23)6-7-12(16)18/h6-8,10-11H,3-5H2,1-2H3,(H,15,19)(H,20,21). The van der Waals surface area contributed by atoms with Gasteiger partial charge in [0.2, 0.25) is 5.91 Å². The van der Waals surface area contributed by atoms with E-state index >= 15 is 0 Å². The Balaban J connectivity index is 3.10. The van der Waals surface area contributed by atoms with E-state index in [1.54, 1.807) is 13.8 Å². The van der Waals surface area contributed by atoms with Crippen molar-refractivity contribution in [2.24, 2.45) is 0 Å². The molecule has 0 aromatic carbocycles. The normalized spacial score (nSPS) is 13.1. The molecule has 1 heterocycles. The minimum absolute atomic E-state index is 0.186. The Hall–Kier alpha value is -2.71. The summed E-state index contributed by atoms with van der Waals surface area (Å²) in [6.45, 7) is 3.41. The van der Waals surface area contributed by atoms with Gasteiger partial charge in [0.25, 0.3) is 11.2 Å². The molecule has 0 spiro atoms. The highest BCUT2D eigenvalue weighted by Gasteiger charge is 2.26. The molecule has 0 saturated carbocycles. The summed E-state index contributed by atoms with van der Waals surface area (Å²) in [5.74, 6) is -1.82. The van der Waals surface area contributed by atoms with E-state index in [9.17, 15) is 24.5 Å². The van der Waals surface area contributed by atoms with E-state index in [1.807, 2.05) is 0 Å². The molecule has 0 aliphatic heterocycles. The molecule has 0 bridgehead atoms. The number of aliphatic carboxylic acids is 1. The number of nitrogens with one attached hydrogen (secondary N) is 1. The van der Waals surface area contributed by atoms with Gasteiger partial charge in [-0.3, -0.25) is 24.3 Å². The largest absolute Gasteiger partial charge is 0.480 e. The number of nitro groups is 1. The SMILES string of the molecule is CCCC(NC(=O)C(CC)n1cc([N+](=O)[O-])ccc1=O)C(=O)O. The van der Waals surface area contributed by atoms with Crippen LogP contribution in [0.25, 0.3) is 0 Å². The number of carboxylic acid groups (broad SMARTS) is 1. The van der Waals surface area contributed by atoms with E-state index in [4.69, 9.17) is 5.11 Å². The summed E-state index contributed by atoms with van der Waals surface area (Å²) in [5, 5.41) is 22.3. The van der Waals surface area contributed by atoms with E-state index in [0.29, 0.717) is 6.42 Å². The van der Waals surface area contributed by atoms with Gasteiger partial charge in [-0.15, -0.1) is 0 Å². The summed E-state index contributed by atoms with van der Waals surface area (Å²) in [7, 11) is 0. The molecule has 2 unspecified atom stereocenters. The van der Waals surface area contributed by atoms with Gasteiger partial charge in [0.1, 0.15) is 12.1 Å². The van der Waals surface area contributed by atoms with Gasteiger partial charge in [-0.1, -0.05) is 20.3 Å². The Morgan fingerprint density at radius 2 is 2.04 bits per heavy atom. The monoisotopic (exact) mass is 325 g/mol. The molecule has 2 N–H and O–H groups in total. The minimum Gasteiger partial charge on any atom is -0.480 e. The van der Waals surface area contributed by atoms with E-state index in [-0.39, 0.29) is 18.5 Å². The molecule has 0 aliphatic carbocycles. The number of carbonyl (C=O) groups is 2. The van der Waals surface area contributed by atoms with Gasteiger partial charge in [0, 0.05) is 12.1 Å². The summed E-state index contributed by atoms with van der Waals surface area (Å²) in [6.07, 6.45) is 1.99. The zero-order valence-corrected chi connectivity index (χ0v) is 12.9. The minimum atomic E-state index is -1.17. The summed E-state index contributed by atoms with van der Waals surface area (Å²) in [5.41, 5.74) is -0.890. The second kappa shape index (κ2) is 8.06. The van der Waals surface area contributed by atoms with Crippen molar-refractivity contribution in [1.29, 1.82) is 0 Å². The van der Waals surface area contributed by atoms with Crippen molar-refractivity contribution < 1.29 is 19.6 Å². The van der Waals surface area contributed by atoms with Crippen LogP contribution in [0.15, 0.2) is 23.1 Å². The van der Waals surface area contributed by atoms with Crippen molar-refractivity contribution in [2.75, 3.05) is 0 Å². The van der Waals surface area contributed by atoms with Crippen molar-refractivity contribution in [1.82, 2.24) is 9.88 Å². The maximum absolute atomic E-state index is 12.3. The molecule has 23 heavy (non-hydrogen) atoms. The summed E-state index contributed by atoms with van der Waals surface area (Å²) in [6, 6.07) is -0.00730. The van der Waals surface area contributed by atoms with Crippen LogP contribution in [-0.4, -0.2) is 32.5 Å². The summed E-state index contributed by atoms with van der Waals surface area (Å²) in [4.78, 5) is 45.4. The molecule has 1 amide bonds. The van der Waals surface area contributed by atoms with Gasteiger partial charge >= 0.3 is 5.97 Å². The zero-order valence-electron chi connectivity index (χ0n) is 12.9. The first-order valence-corrected chi connectivity index (χ1v) is 7.21. The smallest absolute Gasteiger partial charge is 0.326 e. The van der Waals surface area contributed by atoms with Gasteiger partial charge < -0.3 is 10.4 Å². The van der Waals surface area contributed by atoms with Crippen LogP contribution in [0.4, 0.5) is 5.69 Å². The predicted octanol–water partition coefficient (Wildman–Crippen LogP) is 1.08. The third-order valence-electron chi connectivity index (χ3n) is 3.35. The third kappa shape index (κ3) is 4.63. The highest BCUT2D eigenvalue weighted by molar-refractivity contribution is 5.85. The second-order valence-electron chi connectivity index (χ2n) is 5.00. The van der Waals surface area contributed by atoms with E-state index in [1.165, 1.54) is 0 Å². The lowest BCUT2D eigenvalue weighted by atomic mass is 10.1. The highest BCUT2D eigenvalue weighted by Crippen LogP contribution is 2.14. The summed E-state index contributed by atoms with van der Waals surface area (Å²) >= 11 is 0. The Morgan fingerprint density at radius 1 is 1.39 bits per heavy atom.